The molecule has 4 nitrogen and oxygen atoms in total. The van der Waals surface area contributed by atoms with Gasteiger partial charge in [-0.2, -0.15) is 0 Å². The van der Waals surface area contributed by atoms with E-state index in [9.17, 15) is 14.0 Å². The summed E-state index contributed by atoms with van der Waals surface area (Å²) in [4.78, 5) is 26.8. The zero-order chi connectivity index (χ0) is 21.5. The lowest BCUT2D eigenvalue weighted by Gasteiger charge is -2.14. The number of benzene rings is 2. The fraction of sp³-hybridized carbons (Fsp3) is 0.227. The molecule has 0 aromatic heterocycles. The second-order valence-corrected chi connectivity index (χ2v) is 8.87. The van der Waals surface area contributed by atoms with E-state index in [1.54, 1.807) is 29.2 Å². The van der Waals surface area contributed by atoms with Gasteiger partial charge in [-0.25, -0.2) is 4.39 Å². The van der Waals surface area contributed by atoms with Gasteiger partial charge in [0.2, 0.25) is 5.91 Å². The Morgan fingerprint density at radius 3 is 2.67 bits per heavy atom. The first kappa shape index (κ1) is 22.5. The van der Waals surface area contributed by atoms with Gasteiger partial charge in [0.25, 0.3) is 5.91 Å². The number of thiocarbonyl (C=S) groups is 1. The van der Waals surface area contributed by atoms with Gasteiger partial charge in [0, 0.05) is 23.7 Å². The van der Waals surface area contributed by atoms with Crippen molar-refractivity contribution in [3.63, 3.8) is 0 Å². The van der Waals surface area contributed by atoms with Crippen molar-refractivity contribution >= 4 is 63.5 Å². The lowest BCUT2D eigenvalue weighted by atomic mass is 10.1. The molecule has 2 amide bonds. The molecule has 0 unspecified atom stereocenters. The van der Waals surface area contributed by atoms with Crippen LogP contribution in [0, 0.1) is 5.82 Å². The van der Waals surface area contributed by atoms with Gasteiger partial charge in [0.1, 0.15) is 10.1 Å². The van der Waals surface area contributed by atoms with Gasteiger partial charge in [0.05, 0.1) is 4.91 Å². The Morgan fingerprint density at radius 1 is 1.17 bits per heavy atom. The van der Waals surface area contributed by atoms with Crippen molar-refractivity contribution in [1.82, 2.24) is 4.90 Å². The summed E-state index contributed by atoms with van der Waals surface area (Å²) < 4.78 is 13.7. The van der Waals surface area contributed by atoms with Gasteiger partial charge < -0.3 is 5.32 Å². The number of rotatable bonds is 8. The molecule has 0 spiro atoms. The molecule has 1 heterocycles. The Bertz CT molecular complexity index is 979. The van der Waals surface area contributed by atoms with E-state index in [1.165, 1.54) is 23.9 Å². The van der Waals surface area contributed by atoms with Crippen LogP contribution in [-0.2, 0) is 9.59 Å². The van der Waals surface area contributed by atoms with Crippen LogP contribution in [0.2, 0.25) is 5.02 Å². The number of amides is 2. The molecule has 1 N–H and O–H groups in total. The third-order valence-corrected chi connectivity index (χ3v) is 6.07. The number of nitrogens with one attached hydrogen (secondary N) is 1. The molecule has 2 aromatic carbocycles. The van der Waals surface area contributed by atoms with E-state index < -0.39 is 0 Å². The first-order valence-corrected chi connectivity index (χ1v) is 11.1. The van der Waals surface area contributed by atoms with Gasteiger partial charge in [-0.15, -0.1) is 0 Å². The predicted octanol–water partition coefficient (Wildman–Crippen LogP) is 5.88. The Kier molecular flexibility index (Phi) is 8.01. The first-order valence-electron chi connectivity index (χ1n) is 9.49. The molecule has 0 radical (unpaired) electrons. The molecule has 1 aliphatic rings. The van der Waals surface area contributed by atoms with Gasteiger partial charge in [-0.1, -0.05) is 60.2 Å². The van der Waals surface area contributed by atoms with Crippen LogP contribution in [0.25, 0.3) is 6.08 Å². The van der Waals surface area contributed by atoms with Crippen LogP contribution in [0.15, 0.2) is 53.4 Å². The summed E-state index contributed by atoms with van der Waals surface area (Å²) in [7, 11) is 0. The number of carbonyl (C=O) groups is 2. The Morgan fingerprint density at radius 2 is 1.93 bits per heavy atom. The van der Waals surface area contributed by atoms with Crippen LogP contribution in [0.4, 0.5) is 10.1 Å². The SMILES string of the molecule is O=C(CCCCCN1C(=O)/C(=C/c2ccc(Cl)cc2)SC1=S)Nc1cccc(F)c1. The van der Waals surface area contributed by atoms with Gasteiger partial charge in [-0.05, 0) is 54.8 Å². The highest BCUT2D eigenvalue weighted by Gasteiger charge is 2.31. The minimum absolute atomic E-state index is 0.0937. The van der Waals surface area contributed by atoms with Crippen LogP contribution in [-0.4, -0.2) is 27.6 Å². The zero-order valence-electron chi connectivity index (χ0n) is 16.1. The topological polar surface area (TPSA) is 49.4 Å². The number of anilines is 1. The Balaban J connectivity index is 1.41. The fourth-order valence-corrected chi connectivity index (χ4v) is 4.36. The molecule has 3 rings (SSSR count). The van der Waals surface area contributed by atoms with Gasteiger partial charge in [-0.3, -0.25) is 14.5 Å². The molecule has 0 saturated carbocycles. The number of hydrogen-bond acceptors (Lipinski definition) is 4. The van der Waals surface area contributed by atoms with Gasteiger partial charge >= 0.3 is 0 Å². The first-order chi connectivity index (χ1) is 14.4. The second kappa shape index (κ2) is 10.7. The van der Waals surface area contributed by atoms with Crippen molar-refractivity contribution in [3.05, 3.63) is 69.8 Å². The highest BCUT2D eigenvalue weighted by Crippen LogP contribution is 2.33. The molecule has 30 heavy (non-hydrogen) atoms. The minimum atomic E-state index is -0.388. The molecule has 0 aliphatic carbocycles. The maximum Gasteiger partial charge on any atom is 0.266 e. The van der Waals surface area contributed by atoms with Crippen molar-refractivity contribution in [2.75, 3.05) is 11.9 Å². The molecule has 8 heteroatoms. The van der Waals surface area contributed by atoms with Gasteiger partial charge in [0.15, 0.2) is 0 Å². The Labute approximate surface area is 189 Å². The monoisotopic (exact) mass is 462 g/mol. The quantitative estimate of drug-likeness (QED) is 0.302. The fourth-order valence-electron chi connectivity index (χ4n) is 2.93. The summed E-state index contributed by atoms with van der Waals surface area (Å²) in [6.07, 6.45) is 4.35. The summed E-state index contributed by atoms with van der Waals surface area (Å²) >= 11 is 12.5. The van der Waals surface area contributed by atoms with Crippen molar-refractivity contribution in [2.45, 2.75) is 25.7 Å². The summed E-state index contributed by atoms with van der Waals surface area (Å²) in [6, 6.07) is 13.1. The molecule has 1 saturated heterocycles. The van der Waals surface area contributed by atoms with Crippen LogP contribution in [0.1, 0.15) is 31.2 Å². The number of thioether (sulfide) groups is 1. The standard InChI is InChI=1S/C22H20ClFN2O2S2/c23-16-10-8-15(9-11-16)13-19-21(28)26(22(29)30-19)12-3-1-2-7-20(27)25-18-6-4-5-17(24)14-18/h4-6,8-11,13-14H,1-3,7,12H2,(H,25,27)/b19-13-. The molecule has 0 bridgehead atoms. The lowest BCUT2D eigenvalue weighted by Crippen LogP contribution is -2.29. The number of hydrogen-bond donors (Lipinski definition) is 1. The number of carbonyl (C=O) groups excluding carboxylic acids is 2. The number of halogens is 2. The van der Waals surface area contributed by atoms with E-state index in [4.69, 9.17) is 23.8 Å². The zero-order valence-corrected chi connectivity index (χ0v) is 18.5. The van der Waals surface area contributed by atoms with Crippen molar-refractivity contribution in [2.24, 2.45) is 0 Å². The summed E-state index contributed by atoms with van der Waals surface area (Å²) in [6.45, 7) is 0.522. The third kappa shape index (κ3) is 6.39. The molecule has 156 valence electrons. The number of unbranched alkanes of at least 4 members (excludes halogenated alkanes) is 2. The van der Waals surface area contributed by atoms with Crippen LogP contribution in [0.5, 0.6) is 0 Å². The average Bonchev–Trinajstić information content (AvgIpc) is 2.96. The highest BCUT2D eigenvalue weighted by molar-refractivity contribution is 8.26. The average molecular weight is 463 g/mol. The number of nitrogens with zero attached hydrogens (tertiary/aromatic N) is 1. The summed E-state index contributed by atoms with van der Waals surface area (Å²) in [5.41, 5.74) is 1.34. The minimum Gasteiger partial charge on any atom is -0.326 e. The molecular formula is C22H20ClFN2O2S2. The molecule has 0 atom stereocenters. The molecule has 2 aromatic rings. The lowest BCUT2D eigenvalue weighted by molar-refractivity contribution is -0.122. The van der Waals surface area contributed by atoms with E-state index in [0.29, 0.717) is 39.3 Å². The normalized spacial score (nSPS) is 15.1. The van der Waals surface area contributed by atoms with Crippen molar-refractivity contribution < 1.29 is 14.0 Å². The third-order valence-electron chi connectivity index (χ3n) is 4.44. The van der Waals surface area contributed by atoms with Crippen LogP contribution in [0.3, 0.4) is 0 Å². The largest absolute Gasteiger partial charge is 0.326 e. The summed E-state index contributed by atoms with van der Waals surface area (Å²) in [5, 5.41) is 3.32. The molecule has 1 aliphatic heterocycles. The molecular weight excluding hydrogens is 443 g/mol. The summed E-state index contributed by atoms with van der Waals surface area (Å²) in [5.74, 6) is -0.637. The van der Waals surface area contributed by atoms with E-state index in [1.807, 2.05) is 18.2 Å². The maximum atomic E-state index is 13.1. The van der Waals surface area contributed by atoms with Crippen molar-refractivity contribution in [3.8, 4) is 0 Å². The van der Waals surface area contributed by atoms with E-state index in [0.717, 1.165) is 18.4 Å². The van der Waals surface area contributed by atoms with Crippen LogP contribution < -0.4 is 5.32 Å². The molecule has 1 fully saturated rings. The van der Waals surface area contributed by atoms with Crippen LogP contribution >= 0.6 is 35.6 Å². The van der Waals surface area contributed by atoms with E-state index in [2.05, 4.69) is 5.32 Å². The van der Waals surface area contributed by atoms with Crippen molar-refractivity contribution in [1.29, 1.82) is 0 Å². The van der Waals surface area contributed by atoms with E-state index in [-0.39, 0.29) is 17.6 Å². The second-order valence-electron chi connectivity index (χ2n) is 6.75. The maximum absolute atomic E-state index is 13.1. The predicted molar refractivity (Wildman–Crippen MR) is 125 cm³/mol. The Hall–Kier alpha value is -2.22. The highest BCUT2D eigenvalue weighted by atomic mass is 35.5. The smallest absolute Gasteiger partial charge is 0.266 e. The van der Waals surface area contributed by atoms with E-state index >= 15 is 0 Å².